The Hall–Kier alpha value is -1.97. The molecule has 4 nitrogen and oxygen atoms in total. The Morgan fingerprint density at radius 2 is 1.94 bits per heavy atom. The first kappa shape index (κ1) is 11.1. The molecule has 4 heteroatoms. The maximum atomic E-state index is 10.9. The minimum atomic E-state index is -0.896. The fourth-order valence-corrected chi connectivity index (χ4v) is 2.19. The Kier molecular flexibility index (Phi) is 2.70. The molecule has 1 aromatic rings. The van der Waals surface area contributed by atoms with Crippen LogP contribution in [0.4, 0.5) is 0 Å². The van der Waals surface area contributed by atoms with Gasteiger partial charge in [-0.25, -0.2) is 4.79 Å². The van der Waals surface area contributed by atoms with Crippen LogP contribution >= 0.6 is 0 Å². The van der Waals surface area contributed by atoms with Crippen molar-refractivity contribution < 1.29 is 19.4 Å². The van der Waals surface area contributed by atoms with E-state index in [2.05, 4.69) is 0 Å². The molecule has 0 amide bonds. The average Bonchev–Trinajstić information content (AvgIpc) is 3.19. The van der Waals surface area contributed by atoms with Crippen LogP contribution in [0, 0.1) is 5.92 Å². The molecule has 0 saturated heterocycles. The predicted molar refractivity (Wildman–Crippen MR) is 65.8 cm³/mol. The largest absolute Gasteiger partial charge is 0.486 e. The average molecular weight is 246 g/mol. The topological polar surface area (TPSA) is 55.8 Å². The summed E-state index contributed by atoms with van der Waals surface area (Å²) in [5.41, 5.74) is 1.81. The number of ether oxygens (including phenoxy) is 2. The molecule has 18 heavy (non-hydrogen) atoms. The number of benzene rings is 1. The van der Waals surface area contributed by atoms with Crippen molar-refractivity contribution in [3.63, 3.8) is 0 Å². The lowest BCUT2D eigenvalue weighted by Gasteiger charge is -2.19. The summed E-state index contributed by atoms with van der Waals surface area (Å²) in [7, 11) is 0. The van der Waals surface area contributed by atoms with Crippen LogP contribution in [0.1, 0.15) is 18.4 Å². The van der Waals surface area contributed by atoms with Crippen LogP contribution in [0.15, 0.2) is 24.3 Å². The first-order valence-electron chi connectivity index (χ1n) is 6.08. The van der Waals surface area contributed by atoms with E-state index < -0.39 is 5.97 Å². The van der Waals surface area contributed by atoms with Crippen LogP contribution in [0.2, 0.25) is 0 Å². The third-order valence-corrected chi connectivity index (χ3v) is 3.17. The highest BCUT2D eigenvalue weighted by Gasteiger charge is 2.28. The van der Waals surface area contributed by atoms with Crippen molar-refractivity contribution in [1.29, 1.82) is 0 Å². The third kappa shape index (κ3) is 2.18. The monoisotopic (exact) mass is 246 g/mol. The smallest absolute Gasteiger partial charge is 0.328 e. The Labute approximate surface area is 105 Å². The maximum Gasteiger partial charge on any atom is 0.328 e. The van der Waals surface area contributed by atoms with Gasteiger partial charge < -0.3 is 14.6 Å². The second-order valence-electron chi connectivity index (χ2n) is 4.57. The number of hydrogen-bond donors (Lipinski definition) is 1. The summed E-state index contributed by atoms with van der Waals surface area (Å²) in [4.78, 5) is 10.9. The van der Waals surface area contributed by atoms with Gasteiger partial charge in [0.1, 0.15) is 13.2 Å². The fourth-order valence-electron chi connectivity index (χ4n) is 2.19. The SMILES string of the molecule is O=C(O)C=C(c1ccc2c(c1)OCCO2)C1CC1. The zero-order valence-corrected chi connectivity index (χ0v) is 9.89. The Bertz CT molecular complexity index is 515. The molecule has 3 rings (SSSR count). The number of allylic oxidation sites excluding steroid dienone is 1. The molecule has 1 aliphatic carbocycles. The zero-order chi connectivity index (χ0) is 12.5. The number of hydrogen-bond acceptors (Lipinski definition) is 3. The van der Waals surface area contributed by atoms with Gasteiger partial charge in [0.05, 0.1) is 0 Å². The molecule has 1 N–H and O–H groups in total. The number of rotatable bonds is 3. The lowest BCUT2D eigenvalue weighted by Crippen LogP contribution is -2.15. The molecular formula is C14H14O4. The van der Waals surface area contributed by atoms with Crippen LogP contribution in [0.25, 0.3) is 5.57 Å². The maximum absolute atomic E-state index is 10.9. The van der Waals surface area contributed by atoms with Crippen LogP contribution < -0.4 is 9.47 Å². The van der Waals surface area contributed by atoms with Crippen LogP contribution in [0.5, 0.6) is 11.5 Å². The van der Waals surface area contributed by atoms with Crippen molar-refractivity contribution in [3.05, 3.63) is 29.8 Å². The van der Waals surface area contributed by atoms with Gasteiger partial charge in [0, 0.05) is 6.08 Å². The normalized spacial score (nSPS) is 18.6. The highest BCUT2D eigenvalue weighted by molar-refractivity contribution is 5.91. The van der Waals surface area contributed by atoms with Gasteiger partial charge in [-0.2, -0.15) is 0 Å². The summed E-state index contributed by atoms with van der Waals surface area (Å²) < 4.78 is 11.0. The summed E-state index contributed by atoms with van der Waals surface area (Å²) in [6.07, 6.45) is 3.43. The summed E-state index contributed by atoms with van der Waals surface area (Å²) >= 11 is 0. The van der Waals surface area contributed by atoms with Crippen molar-refractivity contribution in [1.82, 2.24) is 0 Å². The standard InChI is InChI=1S/C14H14O4/c15-14(16)8-11(9-1-2-9)10-3-4-12-13(7-10)18-6-5-17-12/h3-4,7-9H,1-2,5-6H2,(H,15,16). The molecule has 94 valence electrons. The van der Waals surface area contributed by atoms with Crippen molar-refractivity contribution in [2.45, 2.75) is 12.8 Å². The van der Waals surface area contributed by atoms with E-state index in [0.29, 0.717) is 24.9 Å². The number of carboxylic acids is 1. The molecule has 0 spiro atoms. The molecule has 0 radical (unpaired) electrons. The lowest BCUT2D eigenvalue weighted by molar-refractivity contribution is -0.131. The molecule has 0 bridgehead atoms. The second-order valence-corrected chi connectivity index (χ2v) is 4.57. The van der Waals surface area contributed by atoms with Crippen molar-refractivity contribution in [2.24, 2.45) is 5.92 Å². The van der Waals surface area contributed by atoms with Crippen LogP contribution in [0.3, 0.4) is 0 Å². The minimum absolute atomic E-state index is 0.378. The minimum Gasteiger partial charge on any atom is -0.486 e. The van der Waals surface area contributed by atoms with Crippen LogP contribution in [-0.4, -0.2) is 24.3 Å². The zero-order valence-electron chi connectivity index (χ0n) is 9.89. The molecule has 1 saturated carbocycles. The Morgan fingerprint density at radius 1 is 1.22 bits per heavy atom. The van der Waals surface area contributed by atoms with E-state index in [1.54, 1.807) is 0 Å². The van der Waals surface area contributed by atoms with E-state index in [-0.39, 0.29) is 0 Å². The molecule has 2 aliphatic rings. The summed E-state index contributed by atoms with van der Waals surface area (Å²) in [5.74, 6) is 0.918. The quantitative estimate of drug-likeness (QED) is 0.832. The van der Waals surface area contributed by atoms with E-state index in [4.69, 9.17) is 14.6 Å². The highest BCUT2D eigenvalue weighted by atomic mass is 16.6. The van der Waals surface area contributed by atoms with Crippen LogP contribution in [-0.2, 0) is 4.79 Å². The molecule has 1 aliphatic heterocycles. The van der Waals surface area contributed by atoms with Crippen molar-refractivity contribution in [3.8, 4) is 11.5 Å². The number of carboxylic acid groups (broad SMARTS) is 1. The van der Waals surface area contributed by atoms with Gasteiger partial charge in [0.2, 0.25) is 0 Å². The number of aliphatic carboxylic acids is 1. The van der Waals surface area contributed by atoms with Gasteiger partial charge >= 0.3 is 5.97 Å². The summed E-state index contributed by atoms with van der Waals surface area (Å²) in [6, 6.07) is 5.63. The molecule has 1 aromatic carbocycles. The molecule has 1 fully saturated rings. The molecular weight excluding hydrogens is 232 g/mol. The number of fused-ring (bicyclic) bond motifs is 1. The van der Waals surface area contributed by atoms with Gasteiger partial charge in [-0.05, 0) is 42.0 Å². The van der Waals surface area contributed by atoms with E-state index in [0.717, 1.165) is 29.7 Å². The van der Waals surface area contributed by atoms with Gasteiger partial charge in [-0.1, -0.05) is 6.07 Å². The molecule has 0 unspecified atom stereocenters. The van der Waals surface area contributed by atoms with Gasteiger partial charge in [0.25, 0.3) is 0 Å². The van der Waals surface area contributed by atoms with E-state index in [1.165, 1.54) is 6.08 Å². The molecule has 0 aromatic heterocycles. The summed E-state index contributed by atoms with van der Waals surface area (Å²) in [5, 5.41) is 8.93. The Balaban J connectivity index is 1.97. The molecule has 0 atom stereocenters. The van der Waals surface area contributed by atoms with E-state index >= 15 is 0 Å². The van der Waals surface area contributed by atoms with E-state index in [9.17, 15) is 4.79 Å². The predicted octanol–water partition coefficient (Wildman–Crippen LogP) is 2.34. The van der Waals surface area contributed by atoms with Gasteiger partial charge in [0.15, 0.2) is 11.5 Å². The fraction of sp³-hybridized carbons (Fsp3) is 0.357. The van der Waals surface area contributed by atoms with Crippen molar-refractivity contribution in [2.75, 3.05) is 13.2 Å². The summed E-state index contributed by atoms with van der Waals surface area (Å²) in [6.45, 7) is 1.10. The second kappa shape index (κ2) is 4.37. The van der Waals surface area contributed by atoms with Gasteiger partial charge in [-0.3, -0.25) is 0 Å². The first-order chi connectivity index (χ1) is 8.74. The number of carbonyl (C=O) groups is 1. The lowest BCUT2D eigenvalue weighted by atomic mass is 10.0. The highest BCUT2D eigenvalue weighted by Crippen LogP contribution is 2.43. The van der Waals surface area contributed by atoms with Gasteiger partial charge in [-0.15, -0.1) is 0 Å². The molecule has 1 heterocycles. The first-order valence-corrected chi connectivity index (χ1v) is 6.08. The third-order valence-electron chi connectivity index (χ3n) is 3.17. The van der Waals surface area contributed by atoms with Crippen molar-refractivity contribution >= 4 is 11.5 Å². The van der Waals surface area contributed by atoms with E-state index in [1.807, 2.05) is 18.2 Å². The Morgan fingerprint density at radius 3 is 2.61 bits per heavy atom.